The van der Waals surface area contributed by atoms with Gasteiger partial charge in [-0.25, -0.2) is 0 Å². The molecule has 0 heterocycles. The van der Waals surface area contributed by atoms with E-state index in [1.165, 1.54) is 6.42 Å². The van der Waals surface area contributed by atoms with Crippen LogP contribution in [0, 0.1) is 5.92 Å². The molecule has 0 aromatic heterocycles. The lowest BCUT2D eigenvalue weighted by molar-refractivity contribution is -0.127. The molecule has 2 rings (SSSR count). The number of hydrogen-bond donors (Lipinski definition) is 2. The predicted octanol–water partition coefficient (Wildman–Crippen LogP) is 1.19. The molecule has 2 aliphatic rings. The van der Waals surface area contributed by atoms with Gasteiger partial charge in [0.15, 0.2) is 0 Å². The Balaban J connectivity index is 1.49. The fraction of sp³-hybridized carbons (Fsp3) is 0.923. The number of carbonyl (C=O) groups excluding carboxylic acids is 1. The molecular formula is C13H24N2O2. The Morgan fingerprint density at radius 1 is 1.18 bits per heavy atom. The fourth-order valence-corrected chi connectivity index (χ4v) is 2.47. The van der Waals surface area contributed by atoms with Crippen LogP contribution in [0.4, 0.5) is 0 Å². The van der Waals surface area contributed by atoms with Crippen molar-refractivity contribution in [2.75, 3.05) is 13.2 Å². The molecule has 0 aliphatic heterocycles. The van der Waals surface area contributed by atoms with E-state index < -0.39 is 0 Å². The zero-order chi connectivity index (χ0) is 12.1. The van der Waals surface area contributed by atoms with Crippen LogP contribution in [0.15, 0.2) is 0 Å². The third-order valence-corrected chi connectivity index (χ3v) is 3.95. The molecule has 0 unspecified atom stereocenters. The molecule has 0 aromatic carbocycles. The van der Waals surface area contributed by atoms with Gasteiger partial charge in [-0.3, -0.25) is 4.79 Å². The van der Waals surface area contributed by atoms with Gasteiger partial charge in [0.1, 0.15) is 0 Å². The first-order valence-electron chi connectivity index (χ1n) is 6.90. The lowest BCUT2D eigenvalue weighted by Gasteiger charge is -2.27. The molecule has 3 N–H and O–H groups in total. The summed E-state index contributed by atoms with van der Waals surface area (Å²) in [7, 11) is 0. The quantitative estimate of drug-likeness (QED) is 0.709. The van der Waals surface area contributed by atoms with E-state index in [0.29, 0.717) is 25.3 Å². The zero-order valence-electron chi connectivity index (χ0n) is 10.5. The van der Waals surface area contributed by atoms with Crippen molar-refractivity contribution >= 4 is 5.91 Å². The normalized spacial score (nSPS) is 29.7. The smallest absolute Gasteiger partial charge is 0.223 e. The van der Waals surface area contributed by atoms with Crippen LogP contribution in [-0.4, -0.2) is 31.2 Å². The summed E-state index contributed by atoms with van der Waals surface area (Å²) in [5.74, 6) is 0.494. The minimum Gasteiger partial charge on any atom is -0.376 e. The molecule has 17 heavy (non-hydrogen) atoms. The molecule has 0 bridgehead atoms. The highest BCUT2D eigenvalue weighted by Gasteiger charge is 2.24. The molecule has 0 atom stereocenters. The second-order valence-corrected chi connectivity index (χ2v) is 5.33. The molecule has 0 aromatic rings. The number of nitrogens with two attached hydrogens (primary N) is 1. The molecule has 2 fully saturated rings. The highest BCUT2D eigenvalue weighted by molar-refractivity contribution is 5.79. The summed E-state index contributed by atoms with van der Waals surface area (Å²) in [4.78, 5) is 11.5. The van der Waals surface area contributed by atoms with Crippen molar-refractivity contribution in [3.8, 4) is 0 Å². The SMILES string of the molecule is NC1CCC(OCCNC(=O)C2CCC2)CC1. The molecule has 98 valence electrons. The molecule has 0 radical (unpaired) electrons. The first-order chi connectivity index (χ1) is 8.25. The van der Waals surface area contributed by atoms with Gasteiger partial charge in [-0.05, 0) is 38.5 Å². The number of hydrogen-bond acceptors (Lipinski definition) is 3. The minimum absolute atomic E-state index is 0.213. The monoisotopic (exact) mass is 240 g/mol. The van der Waals surface area contributed by atoms with Gasteiger partial charge in [-0.1, -0.05) is 6.42 Å². The summed E-state index contributed by atoms with van der Waals surface area (Å²) in [6, 6.07) is 0.369. The van der Waals surface area contributed by atoms with Gasteiger partial charge >= 0.3 is 0 Å². The Morgan fingerprint density at radius 3 is 2.47 bits per heavy atom. The topological polar surface area (TPSA) is 64.3 Å². The van der Waals surface area contributed by atoms with E-state index in [9.17, 15) is 4.79 Å². The predicted molar refractivity (Wildman–Crippen MR) is 66.5 cm³/mol. The maximum absolute atomic E-state index is 11.5. The van der Waals surface area contributed by atoms with E-state index in [-0.39, 0.29) is 11.8 Å². The Bertz CT molecular complexity index is 246. The van der Waals surface area contributed by atoms with Crippen molar-refractivity contribution in [2.24, 2.45) is 11.7 Å². The molecule has 2 saturated carbocycles. The Labute approximate surface area is 103 Å². The fourth-order valence-electron chi connectivity index (χ4n) is 2.47. The van der Waals surface area contributed by atoms with Crippen LogP contribution in [0.2, 0.25) is 0 Å². The number of rotatable bonds is 5. The van der Waals surface area contributed by atoms with Crippen LogP contribution in [-0.2, 0) is 9.53 Å². The maximum Gasteiger partial charge on any atom is 0.223 e. The molecule has 0 spiro atoms. The lowest BCUT2D eigenvalue weighted by Crippen LogP contribution is -2.37. The molecule has 2 aliphatic carbocycles. The Kier molecular flexibility index (Phi) is 4.80. The first-order valence-corrected chi connectivity index (χ1v) is 6.90. The van der Waals surface area contributed by atoms with Crippen molar-refractivity contribution in [1.29, 1.82) is 0 Å². The molecule has 4 nitrogen and oxygen atoms in total. The minimum atomic E-state index is 0.213. The van der Waals surface area contributed by atoms with Gasteiger partial charge in [0.2, 0.25) is 5.91 Å². The van der Waals surface area contributed by atoms with Crippen LogP contribution in [0.1, 0.15) is 44.9 Å². The number of amides is 1. The van der Waals surface area contributed by atoms with E-state index >= 15 is 0 Å². The molecule has 1 amide bonds. The molecule has 0 saturated heterocycles. The summed E-state index contributed by atoms with van der Waals surface area (Å²) < 4.78 is 5.74. The molecule has 4 heteroatoms. The van der Waals surface area contributed by atoms with E-state index in [1.54, 1.807) is 0 Å². The number of carbonyl (C=O) groups is 1. The second kappa shape index (κ2) is 6.36. The highest BCUT2D eigenvalue weighted by atomic mass is 16.5. The van der Waals surface area contributed by atoms with Crippen LogP contribution in [0.3, 0.4) is 0 Å². The van der Waals surface area contributed by atoms with Gasteiger partial charge in [-0.15, -0.1) is 0 Å². The van der Waals surface area contributed by atoms with Crippen molar-refractivity contribution in [3.63, 3.8) is 0 Å². The van der Waals surface area contributed by atoms with Gasteiger partial charge in [0, 0.05) is 18.5 Å². The van der Waals surface area contributed by atoms with Gasteiger partial charge in [0.25, 0.3) is 0 Å². The van der Waals surface area contributed by atoms with Crippen molar-refractivity contribution < 1.29 is 9.53 Å². The van der Waals surface area contributed by atoms with Crippen molar-refractivity contribution in [3.05, 3.63) is 0 Å². The van der Waals surface area contributed by atoms with Crippen LogP contribution < -0.4 is 11.1 Å². The van der Waals surface area contributed by atoms with E-state index in [0.717, 1.165) is 38.5 Å². The Hall–Kier alpha value is -0.610. The van der Waals surface area contributed by atoms with Crippen molar-refractivity contribution in [2.45, 2.75) is 57.1 Å². The second-order valence-electron chi connectivity index (χ2n) is 5.33. The number of ether oxygens (including phenoxy) is 1. The summed E-state index contributed by atoms with van der Waals surface area (Å²) in [5.41, 5.74) is 5.83. The van der Waals surface area contributed by atoms with Crippen LogP contribution in [0.5, 0.6) is 0 Å². The van der Waals surface area contributed by atoms with Gasteiger partial charge in [-0.2, -0.15) is 0 Å². The summed E-state index contributed by atoms with van der Waals surface area (Å²) in [6.45, 7) is 1.29. The van der Waals surface area contributed by atoms with E-state index in [1.807, 2.05) is 0 Å². The zero-order valence-corrected chi connectivity index (χ0v) is 10.5. The summed E-state index contributed by atoms with van der Waals surface area (Å²) >= 11 is 0. The third kappa shape index (κ3) is 3.96. The van der Waals surface area contributed by atoms with Gasteiger partial charge < -0.3 is 15.8 Å². The molecular weight excluding hydrogens is 216 g/mol. The average molecular weight is 240 g/mol. The number of nitrogens with one attached hydrogen (secondary N) is 1. The summed E-state index contributed by atoms with van der Waals surface area (Å²) in [6.07, 6.45) is 7.96. The average Bonchev–Trinajstić information content (AvgIpc) is 2.24. The van der Waals surface area contributed by atoms with E-state index in [2.05, 4.69) is 5.32 Å². The maximum atomic E-state index is 11.5. The lowest BCUT2D eigenvalue weighted by atomic mass is 9.85. The largest absolute Gasteiger partial charge is 0.376 e. The highest BCUT2D eigenvalue weighted by Crippen LogP contribution is 2.26. The summed E-state index contributed by atoms with van der Waals surface area (Å²) in [5, 5.41) is 2.94. The van der Waals surface area contributed by atoms with Crippen LogP contribution in [0.25, 0.3) is 0 Å². The van der Waals surface area contributed by atoms with Gasteiger partial charge in [0.05, 0.1) is 12.7 Å². The standard InChI is InChI=1S/C13H24N2O2/c14-11-4-6-12(7-5-11)17-9-8-15-13(16)10-2-1-3-10/h10-12H,1-9,14H2,(H,15,16). The van der Waals surface area contributed by atoms with E-state index in [4.69, 9.17) is 10.5 Å². The van der Waals surface area contributed by atoms with Crippen molar-refractivity contribution in [1.82, 2.24) is 5.32 Å². The third-order valence-electron chi connectivity index (χ3n) is 3.95. The Morgan fingerprint density at radius 2 is 1.88 bits per heavy atom. The first kappa shape index (κ1) is 12.8. The van der Waals surface area contributed by atoms with Crippen LogP contribution >= 0.6 is 0 Å².